The van der Waals surface area contributed by atoms with E-state index in [0.717, 1.165) is 27.8 Å². The number of benzene rings is 1. The van der Waals surface area contributed by atoms with E-state index < -0.39 is 0 Å². The Labute approximate surface area is 103 Å². The average Bonchev–Trinajstić information content (AvgIpc) is 2.67. The summed E-state index contributed by atoms with van der Waals surface area (Å²) in [6.07, 6.45) is 1.69. The van der Waals surface area contributed by atoms with Crippen molar-refractivity contribution in [3.05, 3.63) is 40.2 Å². The van der Waals surface area contributed by atoms with Crippen LogP contribution in [0.2, 0.25) is 0 Å². The number of nitrogens with zero attached hydrogens (tertiary/aromatic N) is 1. The van der Waals surface area contributed by atoms with Crippen molar-refractivity contribution in [2.24, 2.45) is 0 Å². The van der Waals surface area contributed by atoms with Gasteiger partial charge in [0.15, 0.2) is 0 Å². The predicted molar refractivity (Wildman–Crippen MR) is 67.1 cm³/mol. The minimum Gasteiger partial charge on any atom is -0.444 e. The van der Waals surface area contributed by atoms with Gasteiger partial charge in [0.05, 0.1) is 5.69 Å². The zero-order valence-electron chi connectivity index (χ0n) is 9.25. The maximum Gasteiger partial charge on any atom is 0.226 e. The predicted octanol–water partition coefficient (Wildman–Crippen LogP) is 3.13. The molecule has 0 amide bonds. The summed E-state index contributed by atoms with van der Waals surface area (Å²) < 4.78 is 6.52. The summed E-state index contributed by atoms with van der Waals surface area (Å²) in [5, 5.41) is 3.04. The fraction of sp³-hybridized carbons (Fsp3) is 0.250. The Balaban J connectivity index is 2.35. The van der Waals surface area contributed by atoms with Crippen molar-refractivity contribution >= 4 is 15.9 Å². The maximum atomic E-state index is 5.46. The largest absolute Gasteiger partial charge is 0.444 e. The van der Waals surface area contributed by atoms with Crippen molar-refractivity contribution in [3.8, 4) is 11.5 Å². The van der Waals surface area contributed by atoms with Crippen LogP contribution in [-0.4, -0.2) is 12.0 Å². The molecule has 0 radical (unpaired) electrons. The van der Waals surface area contributed by atoms with Gasteiger partial charge in [-0.1, -0.05) is 15.9 Å². The molecule has 0 bridgehead atoms. The van der Waals surface area contributed by atoms with Gasteiger partial charge in [0.25, 0.3) is 0 Å². The summed E-state index contributed by atoms with van der Waals surface area (Å²) >= 11 is 3.44. The summed E-state index contributed by atoms with van der Waals surface area (Å²) in [5.41, 5.74) is 3.10. The highest BCUT2D eigenvalue weighted by Gasteiger charge is 2.08. The van der Waals surface area contributed by atoms with Gasteiger partial charge < -0.3 is 9.73 Å². The van der Waals surface area contributed by atoms with E-state index in [9.17, 15) is 0 Å². The number of oxazole rings is 1. The van der Waals surface area contributed by atoms with Gasteiger partial charge in [0, 0.05) is 16.6 Å². The Hall–Kier alpha value is -1.13. The highest BCUT2D eigenvalue weighted by Crippen LogP contribution is 2.25. The van der Waals surface area contributed by atoms with E-state index in [1.807, 2.05) is 26.1 Å². The smallest absolute Gasteiger partial charge is 0.226 e. The van der Waals surface area contributed by atoms with Crippen LogP contribution < -0.4 is 5.32 Å². The molecule has 2 rings (SSSR count). The molecule has 3 nitrogen and oxygen atoms in total. The SMILES string of the molecule is CNCc1coc(-c2ccc(Br)cc2C)n1. The molecule has 1 aromatic carbocycles. The molecule has 0 aliphatic heterocycles. The van der Waals surface area contributed by atoms with E-state index in [4.69, 9.17) is 4.42 Å². The van der Waals surface area contributed by atoms with Crippen LogP contribution in [0.1, 0.15) is 11.3 Å². The lowest BCUT2D eigenvalue weighted by atomic mass is 10.1. The van der Waals surface area contributed by atoms with Crippen LogP contribution in [-0.2, 0) is 6.54 Å². The van der Waals surface area contributed by atoms with E-state index in [1.54, 1.807) is 6.26 Å². The van der Waals surface area contributed by atoms with Crippen molar-refractivity contribution in [1.29, 1.82) is 0 Å². The molecule has 4 heteroatoms. The van der Waals surface area contributed by atoms with Crippen LogP contribution in [0.25, 0.3) is 11.5 Å². The minimum absolute atomic E-state index is 0.676. The molecule has 0 saturated carbocycles. The van der Waals surface area contributed by atoms with E-state index in [-0.39, 0.29) is 0 Å². The monoisotopic (exact) mass is 280 g/mol. The number of rotatable bonds is 3. The second kappa shape index (κ2) is 4.80. The zero-order chi connectivity index (χ0) is 11.5. The first-order chi connectivity index (χ1) is 7.70. The molecule has 84 valence electrons. The van der Waals surface area contributed by atoms with Crippen molar-refractivity contribution in [2.75, 3.05) is 7.05 Å². The summed E-state index contributed by atoms with van der Waals surface area (Å²) in [6.45, 7) is 2.76. The first-order valence-corrected chi connectivity index (χ1v) is 5.85. The zero-order valence-corrected chi connectivity index (χ0v) is 10.8. The third-order valence-corrected chi connectivity index (χ3v) is 2.82. The molecule has 0 saturated heterocycles. The van der Waals surface area contributed by atoms with E-state index in [2.05, 4.69) is 32.3 Å². The lowest BCUT2D eigenvalue weighted by Gasteiger charge is -2.01. The molecule has 0 unspecified atom stereocenters. The molecular weight excluding hydrogens is 268 g/mol. The molecule has 16 heavy (non-hydrogen) atoms. The van der Waals surface area contributed by atoms with Crippen molar-refractivity contribution in [1.82, 2.24) is 10.3 Å². The van der Waals surface area contributed by atoms with E-state index >= 15 is 0 Å². The van der Waals surface area contributed by atoms with Crippen LogP contribution in [0.4, 0.5) is 0 Å². The summed E-state index contributed by atoms with van der Waals surface area (Å²) in [5.74, 6) is 0.676. The molecule has 2 aromatic rings. The topological polar surface area (TPSA) is 38.1 Å². The fourth-order valence-corrected chi connectivity index (χ4v) is 2.04. The molecule has 1 aromatic heterocycles. The van der Waals surface area contributed by atoms with Crippen molar-refractivity contribution in [2.45, 2.75) is 13.5 Å². The minimum atomic E-state index is 0.676. The van der Waals surface area contributed by atoms with Crippen LogP contribution >= 0.6 is 15.9 Å². The molecule has 1 N–H and O–H groups in total. The second-order valence-corrected chi connectivity index (χ2v) is 4.55. The Morgan fingerprint density at radius 3 is 2.94 bits per heavy atom. The number of halogens is 1. The highest BCUT2D eigenvalue weighted by molar-refractivity contribution is 9.10. The lowest BCUT2D eigenvalue weighted by molar-refractivity contribution is 0.571. The summed E-state index contributed by atoms with van der Waals surface area (Å²) in [6, 6.07) is 6.05. The molecule has 0 atom stereocenters. The van der Waals surface area contributed by atoms with Gasteiger partial charge in [-0.25, -0.2) is 4.98 Å². The lowest BCUT2D eigenvalue weighted by Crippen LogP contribution is -2.04. The number of hydrogen-bond acceptors (Lipinski definition) is 3. The quantitative estimate of drug-likeness (QED) is 0.939. The Morgan fingerprint density at radius 1 is 1.44 bits per heavy atom. The highest BCUT2D eigenvalue weighted by atomic mass is 79.9. The second-order valence-electron chi connectivity index (χ2n) is 3.63. The average molecular weight is 281 g/mol. The molecule has 0 aliphatic rings. The molecule has 0 fully saturated rings. The van der Waals surface area contributed by atoms with Crippen molar-refractivity contribution in [3.63, 3.8) is 0 Å². The molecule has 0 aliphatic carbocycles. The van der Waals surface area contributed by atoms with Crippen LogP contribution in [0.3, 0.4) is 0 Å². The van der Waals surface area contributed by atoms with Crippen molar-refractivity contribution < 1.29 is 4.42 Å². The Kier molecular flexibility index (Phi) is 3.41. The third-order valence-electron chi connectivity index (χ3n) is 2.33. The number of hydrogen-bond donors (Lipinski definition) is 1. The van der Waals surface area contributed by atoms with Gasteiger partial charge in [0.2, 0.25) is 5.89 Å². The standard InChI is InChI=1S/C12H13BrN2O/c1-8-5-9(13)3-4-11(8)12-15-10(6-14-2)7-16-12/h3-5,7,14H,6H2,1-2H3. The van der Waals surface area contributed by atoms with Crippen LogP contribution in [0.5, 0.6) is 0 Å². The number of aryl methyl sites for hydroxylation is 1. The van der Waals surface area contributed by atoms with E-state index in [1.165, 1.54) is 0 Å². The van der Waals surface area contributed by atoms with Crippen LogP contribution in [0.15, 0.2) is 33.4 Å². The van der Waals surface area contributed by atoms with Gasteiger partial charge >= 0.3 is 0 Å². The molecule has 0 spiro atoms. The van der Waals surface area contributed by atoms with Gasteiger partial charge in [-0.2, -0.15) is 0 Å². The summed E-state index contributed by atoms with van der Waals surface area (Å²) in [7, 11) is 1.89. The summed E-state index contributed by atoms with van der Waals surface area (Å²) in [4.78, 5) is 4.42. The Bertz CT molecular complexity index is 494. The van der Waals surface area contributed by atoms with Gasteiger partial charge in [-0.3, -0.25) is 0 Å². The normalized spacial score (nSPS) is 10.7. The van der Waals surface area contributed by atoms with Gasteiger partial charge in [-0.15, -0.1) is 0 Å². The van der Waals surface area contributed by atoms with Gasteiger partial charge in [-0.05, 0) is 37.7 Å². The molecule has 1 heterocycles. The van der Waals surface area contributed by atoms with Gasteiger partial charge in [0.1, 0.15) is 6.26 Å². The maximum absolute atomic E-state index is 5.46. The third kappa shape index (κ3) is 2.33. The molecular formula is C12H13BrN2O. The first kappa shape index (κ1) is 11.4. The Morgan fingerprint density at radius 2 is 2.25 bits per heavy atom. The number of aromatic nitrogens is 1. The number of nitrogens with one attached hydrogen (secondary N) is 1. The van der Waals surface area contributed by atoms with E-state index in [0.29, 0.717) is 5.89 Å². The fourth-order valence-electron chi connectivity index (χ4n) is 1.56. The first-order valence-electron chi connectivity index (χ1n) is 5.06. The van der Waals surface area contributed by atoms with Crippen LogP contribution in [0, 0.1) is 6.92 Å².